The average molecular weight is 357 g/mol. The Morgan fingerprint density at radius 1 is 1.27 bits per heavy atom. The Bertz CT molecular complexity index is 698. The summed E-state index contributed by atoms with van der Waals surface area (Å²) < 4.78 is 11.2. The van der Waals surface area contributed by atoms with E-state index in [2.05, 4.69) is 10.3 Å². The Balaban J connectivity index is 1.55. The van der Waals surface area contributed by atoms with E-state index in [-0.39, 0.29) is 32.2 Å². The highest BCUT2D eigenvalue weighted by Gasteiger charge is 2.34. The normalized spacial score (nSPS) is 21.0. The second-order valence-electron chi connectivity index (χ2n) is 6.35. The number of ether oxygens (including phenoxy) is 2. The van der Waals surface area contributed by atoms with E-state index in [1.54, 1.807) is 18.3 Å². The summed E-state index contributed by atoms with van der Waals surface area (Å²) in [4.78, 5) is 18.2. The standard InChI is InChI=1S/C19H23N3O4/c23-18(21-17-8-4-5-9-20-17)12-22-10-11-25-14-19(24,13-22)15-26-16-6-2-1-3-7-16/h1-9,24H,10-15H2,(H,20,21,23). The maximum atomic E-state index is 12.2. The number of anilines is 1. The zero-order valence-electron chi connectivity index (χ0n) is 14.5. The van der Waals surface area contributed by atoms with E-state index in [1.165, 1.54) is 0 Å². The molecule has 0 saturated carbocycles. The van der Waals surface area contributed by atoms with Gasteiger partial charge >= 0.3 is 0 Å². The predicted octanol–water partition coefficient (Wildman–Crippen LogP) is 1.16. The number of benzene rings is 1. The Hall–Kier alpha value is -2.48. The summed E-state index contributed by atoms with van der Waals surface area (Å²) in [5, 5.41) is 13.6. The van der Waals surface area contributed by atoms with Gasteiger partial charge in [-0.2, -0.15) is 0 Å². The zero-order valence-corrected chi connectivity index (χ0v) is 14.5. The summed E-state index contributed by atoms with van der Waals surface area (Å²) >= 11 is 0. The van der Waals surface area contributed by atoms with Crippen LogP contribution < -0.4 is 10.1 Å². The van der Waals surface area contributed by atoms with Crippen molar-refractivity contribution < 1.29 is 19.4 Å². The number of nitrogens with zero attached hydrogens (tertiary/aromatic N) is 2. The highest BCUT2D eigenvalue weighted by atomic mass is 16.5. The van der Waals surface area contributed by atoms with E-state index in [4.69, 9.17) is 9.47 Å². The van der Waals surface area contributed by atoms with Gasteiger partial charge in [-0.15, -0.1) is 0 Å². The SMILES string of the molecule is O=C(CN1CCOCC(O)(COc2ccccc2)C1)Nc1ccccn1. The van der Waals surface area contributed by atoms with Crippen molar-refractivity contribution in [2.24, 2.45) is 0 Å². The van der Waals surface area contributed by atoms with Crippen LogP contribution >= 0.6 is 0 Å². The molecule has 1 fully saturated rings. The number of β-amino-alcohol motifs (C(OH)–C–C–N with tert-alkyl or cyclic N) is 1. The van der Waals surface area contributed by atoms with E-state index >= 15 is 0 Å². The van der Waals surface area contributed by atoms with Crippen molar-refractivity contribution in [3.05, 3.63) is 54.7 Å². The lowest BCUT2D eigenvalue weighted by Crippen LogP contribution is -2.50. The molecular formula is C19H23N3O4. The summed E-state index contributed by atoms with van der Waals surface area (Å²) in [7, 11) is 0. The molecular weight excluding hydrogens is 334 g/mol. The molecule has 1 aliphatic rings. The third-order valence-electron chi connectivity index (χ3n) is 3.99. The summed E-state index contributed by atoms with van der Waals surface area (Å²) in [6, 6.07) is 14.6. The third kappa shape index (κ3) is 5.52. The lowest BCUT2D eigenvalue weighted by molar-refractivity contribution is -0.118. The first-order chi connectivity index (χ1) is 12.6. The Kier molecular flexibility index (Phi) is 6.17. The van der Waals surface area contributed by atoms with E-state index in [0.717, 1.165) is 0 Å². The van der Waals surface area contributed by atoms with Gasteiger partial charge in [-0.1, -0.05) is 24.3 Å². The fourth-order valence-electron chi connectivity index (χ4n) is 2.78. The molecule has 7 heteroatoms. The summed E-state index contributed by atoms with van der Waals surface area (Å²) in [5.74, 6) is 1.01. The maximum absolute atomic E-state index is 12.2. The second kappa shape index (κ2) is 8.75. The number of carbonyl (C=O) groups is 1. The average Bonchev–Trinajstić information content (AvgIpc) is 2.83. The van der Waals surface area contributed by atoms with Gasteiger partial charge in [-0.25, -0.2) is 4.98 Å². The van der Waals surface area contributed by atoms with E-state index in [0.29, 0.717) is 24.7 Å². The van der Waals surface area contributed by atoms with Crippen molar-refractivity contribution in [1.82, 2.24) is 9.88 Å². The molecule has 1 unspecified atom stereocenters. The van der Waals surface area contributed by atoms with E-state index in [1.807, 2.05) is 41.3 Å². The number of hydrogen-bond acceptors (Lipinski definition) is 6. The molecule has 2 N–H and O–H groups in total. The van der Waals surface area contributed by atoms with Gasteiger partial charge < -0.3 is 19.9 Å². The quantitative estimate of drug-likeness (QED) is 0.807. The summed E-state index contributed by atoms with van der Waals surface area (Å²) in [5.41, 5.74) is -1.18. The molecule has 26 heavy (non-hydrogen) atoms. The lowest BCUT2D eigenvalue weighted by atomic mass is 10.1. The minimum atomic E-state index is -1.18. The van der Waals surface area contributed by atoms with Crippen LogP contribution in [0.25, 0.3) is 0 Å². The van der Waals surface area contributed by atoms with Crippen molar-refractivity contribution in [1.29, 1.82) is 0 Å². The first-order valence-corrected chi connectivity index (χ1v) is 8.54. The highest BCUT2D eigenvalue weighted by Crippen LogP contribution is 2.16. The largest absolute Gasteiger partial charge is 0.490 e. The fourth-order valence-corrected chi connectivity index (χ4v) is 2.78. The molecule has 3 rings (SSSR count). The van der Waals surface area contributed by atoms with Crippen molar-refractivity contribution >= 4 is 11.7 Å². The van der Waals surface area contributed by atoms with Crippen molar-refractivity contribution in [2.75, 3.05) is 44.8 Å². The zero-order chi connectivity index (χ0) is 18.2. The van der Waals surface area contributed by atoms with Crippen LogP contribution in [0.5, 0.6) is 5.75 Å². The molecule has 0 bridgehead atoms. The molecule has 1 aromatic heterocycles. The van der Waals surface area contributed by atoms with Gasteiger partial charge in [0.15, 0.2) is 0 Å². The molecule has 1 saturated heterocycles. The van der Waals surface area contributed by atoms with Gasteiger partial charge in [-0.3, -0.25) is 9.69 Å². The summed E-state index contributed by atoms with van der Waals surface area (Å²) in [6.07, 6.45) is 1.62. The highest BCUT2D eigenvalue weighted by molar-refractivity contribution is 5.91. The molecule has 1 amide bonds. The molecule has 0 spiro atoms. The first kappa shape index (κ1) is 18.3. The topological polar surface area (TPSA) is 83.9 Å². The monoisotopic (exact) mass is 357 g/mol. The minimum Gasteiger partial charge on any atom is -0.490 e. The van der Waals surface area contributed by atoms with E-state index < -0.39 is 5.60 Å². The van der Waals surface area contributed by atoms with Crippen LogP contribution in [0.4, 0.5) is 5.82 Å². The number of aliphatic hydroxyl groups is 1. The minimum absolute atomic E-state index is 0.0926. The first-order valence-electron chi connectivity index (χ1n) is 8.54. The van der Waals surface area contributed by atoms with Gasteiger partial charge in [0.25, 0.3) is 0 Å². The molecule has 1 aliphatic heterocycles. The number of amides is 1. The number of hydrogen-bond donors (Lipinski definition) is 2. The number of para-hydroxylation sites is 1. The summed E-state index contributed by atoms with van der Waals surface area (Å²) in [6.45, 7) is 1.70. The van der Waals surface area contributed by atoms with Gasteiger partial charge in [-0.05, 0) is 24.3 Å². The number of rotatable bonds is 6. The predicted molar refractivity (Wildman–Crippen MR) is 97.0 cm³/mol. The van der Waals surface area contributed by atoms with E-state index in [9.17, 15) is 9.90 Å². The molecule has 7 nitrogen and oxygen atoms in total. The molecule has 0 aliphatic carbocycles. The Labute approximate surface area is 152 Å². The van der Waals surface area contributed by atoms with Crippen LogP contribution in [0, 0.1) is 0 Å². The van der Waals surface area contributed by atoms with Crippen molar-refractivity contribution in [2.45, 2.75) is 5.60 Å². The van der Waals surface area contributed by atoms with Gasteiger partial charge in [0.2, 0.25) is 5.91 Å². The second-order valence-corrected chi connectivity index (χ2v) is 6.35. The van der Waals surface area contributed by atoms with Crippen LogP contribution in [0.15, 0.2) is 54.7 Å². The Morgan fingerprint density at radius 2 is 2.08 bits per heavy atom. The number of pyridine rings is 1. The molecule has 2 aromatic rings. The smallest absolute Gasteiger partial charge is 0.239 e. The van der Waals surface area contributed by atoms with Gasteiger partial charge in [0.1, 0.15) is 23.8 Å². The molecule has 0 radical (unpaired) electrons. The van der Waals surface area contributed by atoms with Gasteiger partial charge in [0, 0.05) is 19.3 Å². The third-order valence-corrected chi connectivity index (χ3v) is 3.99. The van der Waals surface area contributed by atoms with Crippen LogP contribution in [-0.4, -0.2) is 66.0 Å². The van der Waals surface area contributed by atoms with Crippen molar-refractivity contribution in [3.8, 4) is 5.75 Å². The fraction of sp³-hybridized carbons (Fsp3) is 0.368. The molecule has 1 atom stereocenters. The molecule has 1 aromatic carbocycles. The van der Waals surface area contributed by atoms with Crippen LogP contribution in [0.1, 0.15) is 0 Å². The lowest BCUT2D eigenvalue weighted by Gasteiger charge is -2.30. The van der Waals surface area contributed by atoms with Crippen LogP contribution in [0.3, 0.4) is 0 Å². The number of aromatic nitrogens is 1. The van der Waals surface area contributed by atoms with Crippen LogP contribution in [-0.2, 0) is 9.53 Å². The number of carbonyl (C=O) groups excluding carboxylic acids is 1. The maximum Gasteiger partial charge on any atom is 0.239 e. The number of nitrogens with one attached hydrogen (secondary N) is 1. The van der Waals surface area contributed by atoms with Gasteiger partial charge in [0.05, 0.1) is 19.8 Å². The van der Waals surface area contributed by atoms with Crippen molar-refractivity contribution in [3.63, 3.8) is 0 Å². The molecule has 138 valence electrons. The van der Waals surface area contributed by atoms with Crippen LogP contribution in [0.2, 0.25) is 0 Å². The Morgan fingerprint density at radius 3 is 2.85 bits per heavy atom. The molecule has 2 heterocycles.